The number of rotatable bonds is 5. The molecule has 3 nitrogen and oxygen atoms in total. The van der Waals surface area contributed by atoms with Crippen molar-refractivity contribution in [2.75, 3.05) is 0 Å². The Hall–Kier alpha value is -0.570. The van der Waals surface area contributed by atoms with E-state index in [0.29, 0.717) is 24.4 Å². The van der Waals surface area contributed by atoms with Gasteiger partial charge < -0.3 is 11.1 Å². The van der Waals surface area contributed by atoms with Crippen LogP contribution in [0.2, 0.25) is 0 Å². The van der Waals surface area contributed by atoms with Gasteiger partial charge in [0.15, 0.2) is 0 Å². The molecule has 1 amide bonds. The van der Waals surface area contributed by atoms with Crippen LogP contribution in [0.25, 0.3) is 0 Å². The highest BCUT2D eigenvalue weighted by Crippen LogP contribution is 2.25. The van der Waals surface area contributed by atoms with E-state index in [1.807, 2.05) is 0 Å². The Bertz CT molecular complexity index is 214. The lowest BCUT2D eigenvalue weighted by molar-refractivity contribution is -0.123. The Labute approximate surface area is 99.2 Å². The summed E-state index contributed by atoms with van der Waals surface area (Å²) in [6, 6.07) is 0.671. The van der Waals surface area contributed by atoms with Gasteiger partial charge in [0.2, 0.25) is 5.91 Å². The van der Waals surface area contributed by atoms with E-state index in [4.69, 9.17) is 5.73 Å². The molecule has 0 spiro atoms. The van der Waals surface area contributed by atoms with Gasteiger partial charge >= 0.3 is 0 Å². The van der Waals surface area contributed by atoms with Crippen molar-refractivity contribution in [1.82, 2.24) is 5.32 Å². The predicted octanol–water partition coefficient (Wildman–Crippen LogP) is 2.20. The Kier molecular flexibility index (Phi) is 5.81. The second-order valence-corrected chi connectivity index (χ2v) is 5.08. The quantitative estimate of drug-likeness (QED) is 0.755. The van der Waals surface area contributed by atoms with Gasteiger partial charge in [-0.1, -0.05) is 20.3 Å². The van der Waals surface area contributed by atoms with E-state index < -0.39 is 0 Å². The van der Waals surface area contributed by atoms with E-state index in [-0.39, 0.29) is 5.91 Å². The van der Waals surface area contributed by atoms with E-state index in [1.165, 1.54) is 12.8 Å². The van der Waals surface area contributed by atoms with Crippen molar-refractivity contribution in [3.05, 3.63) is 0 Å². The lowest BCUT2D eigenvalue weighted by Crippen LogP contribution is -2.36. The van der Waals surface area contributed by atoms with Crippen molar-refractivity contribution in [1.29, 1.82) is 0 Å². The van der Waals surface area contributed by atoms with Gasteiger partial charge in [0.1, 0.15) is 0 Å². The molecule has 0 aromatic rings. The number of carbonyl (C=O) groups excluding carboxylic acids is 1. The number of hydrogen-bond acceptors (Lipinski definition) is 2. The third kappa shape index (κ3) is 4.52. The normalized spacial score (nSPS) is 25.8. The Morgan fingerprint density at radius 2 is 2.06 bits per heavy atom. The van der Waals surface area contributed by atoms with Crippen LogP contribution in [0.4, 0.5) is 0 Å². The zero-order valence-corrected chi connectivity index (χ0v) is 10.7. The first-order chi connectivity index (χ1) is 7.65. The zero-order chi connectivity index (χ0) is 12.0. The summed E-state index contributed by atoms with van der Waals surface area (Å²) in [6.45, 7) is 4.23. The highest BCUT2D eigenvalue weighted by Gasteiger charge is 2.22. The molecule has 1 fully saturated rings. The molecular formula is C13H26N2O. The maximum atomic E-state index is 11.8. The molecule has 3 heteroatoms. The standard InChI is InChI=1S/C13H26N2O/c1-3-12(4-2)15-13(16)9-10-6-5-7-11(14)8-10/h10-12H,3-9,14H2,1-2H3,(H,15,16). The van der Waals surface area contributed by atoms with Gasteiger partial charge in [0.25, 0.3) is 0 Å². The molecule has 1 aliphatic carbocycles. The average molecular weight is 226 g/mol. The summed E-state index contributed by atoms with van der Waals surface area (Å²) in [5, 5.41) is 3.10. The molecule has 1 aliphatic rings. The summed E-state index contributed by atoms with van der Waals surface area (Å²) in [5.74, 6) is 0.728. The average Bonchev–Trinajstić information content (AvgIpc) is 2.26. The van der Waals surface area contributed by atoms with Gasteiger partial charge in [0.05, 0.1) is 0 Å². The van der Waals surface area contributed by atoms with Crippen LogP contribution in [-0.2, 0) is 4.79 Å². The summed E-state index contributed by atoms with van der Waals surface area (Å²) in [5.41, 5.74) is 5.92. The fourth-order valence-corrected chi connectivity index (χ4v) is 2.56. The maximum Gasteiger partial charge on any atom is 0.220 e. The van der Waals surface area contributed by atoms with E-state index in [1.54, 1.807) is 0 Å². The summed E-state index contributed by atoms with van der Waals surface area (Å²) < 4.78 is 0. The van der Waals surface area contributed by atoms with Crippen molar-refractivity contribution >= 4 is 5.91 Å². The van der Waals surface area contributed by atoms with Crippen LogP contribution < -0.4 is 11.1 Å². The Balaban J connectivity index is 2.27. The molecular weight excluding hydrogens is 200 g/mol. The van der Waals surface area contributed by atoms with Crippen LogP contribution in [0.5, 0.6) is 0 Å². The molecule has 16 heavy (non-hydrogen) atoms. The van der Waals surface area contributed by atoms with E-state index in [0.717, 1.165) is 25.7 Å². The van der Waals surface area contributed by atoms with E-state index >= 15 is 0 Å². The van der Waals surface area contributed by atoms with Gasteiger partial charge in [0, 0.05) is 18.5 Å². The van der Waals surface area contributed by atoms with Crippen molar-refractivity contribution < 1.29 is 4.79 Å². The third-order valence-corrected chi connectivity index (χ3v) is 3.65. The molecule has 0 aliphatic heterocycles. The van der Waals surface area contributed by atoms with Gasteiger partial charge in [-0.2, -0.15) is 0 Å². The second kappa shape index (κ2) is 6.89. The maximum absolute atomic E-state index is 11.8. The first-order valence-electron chi connectivity index (χ1n) is 6.70. The number of nitrogens with one attached hydrogen (secondary N) is 1. The van der Waals surface area contributed by atoms with Crippen molar-refractivity contribution in [3.8, 4) is 0 Å². The molecule has 0 saturated heterocycles. The fourth-order valence-electron chi connectivity index (χ4n) is 2.56. The topological polar surface area (TPSA) is 55.1 Å². The molecule has 3 N–H and O–H groups in total. The lowest BCUT2D eigenvalue weighted by Gasteiger charge is -2.26. The molecule has 2 unspecified atom stereocenters. The van der Waals surface area contributed by atoms with Crippen LogP contribution in [0.15, 0.2) is 0 Å². The molecule has 0 heterocycles. The summed E-state index contributed by atoms with van der Waals surface area (Å²) in [4.78, 5) is 11.8. The number of carbonyl (C=O) groups is 1. The summed E-state index contributed by atoms with van der Waals surface area (Å²) in [7, 11) is 0. The minimum Gasteiger partial charge on any atom is -0.353 e. The van der Waals surface area contributed by atoms with Gasteiger partial charge in [-0.25, -0.2) is 0 Å². The summed E-state index contributed by atoms with van der Waals surface area (Å²) in [6.07, 6.45) is 7.22. The van der Waals surface area contributed by atoms with Gasteiger partial charge in [-0.15, -0.1) is 0 Å². The molecule has 94 valence electrons. The monoisotopic (exact) mass is 226 g/mol. The van der Waals surface area contributed by atoms with Crippen LogP contribution in [0.3, 0.4) is 0 Å². The van der Waals surface area contributed by atoms with Gasteiger partial charge in [-0.05, 0) is 38.0 Å². The van der Waals surface area contributed by atoms with Crippen LogP contribution in [0.1, 0.15) is 58.8 Å². The highest BCUT2D eigenvalue weighted by atomic mass is 16.1. The molecule has 0 aromatic carbocycles. The minimum atomic E-state index is 0.216. The minimum absolute atomic E-state index is 0.216. The first-order valence-corrected chi connectivity index (χ1v) is 6.70. The largest absolute Gasteiger partial charge is 0.353 e. The van der Waals surface area contributed by atoms with Crippen LogP contribution >= 0.6 is 0 Å². The zero-order valence-electron chi connectivity index (χ0n) is 10.7. The molecule has 1 rings (SSSR count). The molecule has 0 bridgehead atoms. The SMILES string of the molecule is CCC(CC)NC(=O)CC1CCCC(N)C1. The van der Waals surface area contributed by atoms with Crippen molar-refractivity contribution in [2.45, 2.75) is 70.9 Å². The molecule has 0 aromatic heterocycles. The molecule has 1 saturated carbocycles. The van der Waals surface area contributed by atoms with Crippen LogP contribution in [-0.4, -0.2) is 18.0 Å². The first kappa shape index (κ1) is 13.5. The number of nitrogens with two attached hydrogens (primary N) is 1. The summed E-state index contributed by atoms with van der Waals surface area (Å²) >= 11 is 0. The van der Waals surface area contributed by atoms with Crippen molar-refractivity contribution in [2.24, 2.45) is 11.7 Å². The van der Waals surface area contributed by atoms with Crippen molar-refractivity contribution in [3.63, 3.8) is 0 Å². The number of amides is 1. The lowest BCUT2D eigenvalue weighted by atomic mass is 9.84. The fraction of sp³-hybridized carbons (Fsp3) is 0.923. The number of hydrogen-bond donors (Lipinski definition) is 2. The van der Waals surface area contributed by atoms with E-state index in [9.17, 15) is 4.79 Å². The smallest absolute Gasteiger partial charge is 0.220 e. The molecule has 2 atom stereocenters. The van der Waals surface area contributed by atoms with E-state index in [2.05, 4.69) is 19.2 Å². The highest BCUT2D eigenvalue weighted by molar-refractivity contribution is 5.76. The van der Waals surface area contributed by atoms with Gasteiger partial charge in [-0.3, -0.25) is 4.79 Å². The Morgan fingerprint density at radius 3 is 2.62 bits per heavy atom. The second-order valence-electron chi connectivity index (χ2n) is 5.08. The predicted molar refractivity (Wildman–Crippen MR) is 67.1 cm³/mol. The van der Waals surface area contributed by atoms with Crippen LogP contribution in [0, 0.1) is 5.92 Å². The third-order valence-electron chi connectivity index (χ3n) is 3.65. The molecule has 0 radical (unpaired) electrons. The Morgan fingerprint density at radius 1 is 1.38 bits per heavy atom.